The molecular formula is C25H27ClO3. The molecule has 0 N–H and O–H groups in total. The monoisotopic (exact) mass is 410 g/mol. The molecule has 1 aliphatic heterocycles. The van der Waals surface area contributed by atoms with E-state index < -0.39 is 5.92 Å². The molecule has 4 rings (SSSR count). The molecule has 29 heavy (non-hydrogen) atoms. The first-order chi connectivity index (χ1) is 14.1. The summed E-state index contributed by atoms with van der Waals surface area (Å²) in [6, 6.07) is 13.8. The molecule has 2 aromatic carbocycles. The fraction of sp³-hybridized carbons (Fsp3) is 0.440. The van der Waals surface area contributed by atoms with Crippen molar-refractivity contribution in [3.05, 3.63) is 58.6 Å². The van der Waals surface area contributed by atoms with Crippen molar-refractivity contribution in [2.24, 2.45) is 11.8 Å². The molecule has 0 amide bonds. The summed E-state index contributed by atoms with van der Waals surface area (Å²) in [5, 5.41) is 0.691. The third-order valence-corrected chi connectivity index (χ3v) is 6.68. The lowest BCUT2D eigenvalue weighted by atomic mass is 9.84. The summed E-state index contributed by atoms with van der Waals surface area (Å²) in [6.07, 6.45) is 4.00. The number of halogens is 1. The van der Waals surface area contributed by atoms with Crippen LogP contribution < -0.4 is 0 Å². The van der Waals surface area contributed by atoms with E-state index in [1.165, 1.54) is 0 Å². The van der Waals surface area contributed by atoms with Gasteiger partial charge in [-0.05, 0) is 72.1 Å². The molecule has 3 nitrogen and oxygen atoms in total. The van der Waals surface area contributed by atoms with E-state index in [4.69, 9.17) is 16.3 Å². The van der Waals surface area contributed by atoms with Crippen LogP contribution in [0.3, 0.4) is 0 Å². The standard InChI is InChI=1S/C25H27ClO3/c1-2-17-3-4-19(18-5-7-21(26)8-6-18)14-22(17)24-23(27)15-20(25(24)28)13-16-9-11-29-12-10-16/h3-8,14,16,20,24H,2,9-13,15H2,1H3. The largest absolute Gasteiger partial charge is 0.381 e. The van der Waals surface area contributed by atoms with Crippen LogP contribution in [0.2, 0.25) is 5.02 Å². The van der Waals surface area contributed by atoms with E-state index >= 15 is 0 Å². The van der Waals surface area contributed by atoms with Gasteiger partial charge >= 0.3 is 0 Å². The Morgan fingerprint density at radius 3 is 2.38 bits per heavy atom. The van der Waals surface area contributed by atoms with Crippen LogP contribution in [-0.2, 0) is 20.7 Å². The Hall–Kier alpha value is -1.97. The highest BCUT2D eigenvalue weighted by molar-refractivity contribution is 6.30. The molecule has 2 fully saturated rings. The lowest BCUT2D eigenvalue weighted by molar-refractivity contribution is -0.125. The summed E-state index contributed by atoms with van der Waals surface area (Å²) in [7, 11) is 0. The first kappa shape index (κ1) is 20.3. The van der Waals surface area contributed by atoms with Crippen molar-refractivity contribution in [3.8, 4) is 11.1 Å². The summed E-state index contributed by atoms with van der Waals surface area (Å²) in [5.74, 6) is -0.0590. The van der Waals surface area contributed by atoms with Gasteiger partial charge in [-0.15, -0.1) is 0 Å². The van der Waals surface area contributed by atoms with Gasteiger partial charge in [-0.1, -0.05) is 42.8 Å². The molecule has 2 atom stereocenters. The fourth-order valence-corrected chi connectivity index (χ4v) is 4.90. The normalized spacial score (nSPS) is 23.0. The van der Waals surface area contributed by atoms with Gasteiger partial charge in [0.1, 0.15) is 11.7 Å². The quantitative estimate of drug-likeness (QED) is 0.600. The SMILES string of the molecule is CCc1ccc(-c2ccc(Cl)cc2)cc1C1C(=O)CC(CC2CCOCC2)C1=O. The van der Waals surface area contributed by atoms with E-state index in [1.54, 1.807) is 0 Å². The number of hydrogen-bond donors (Lipinski definition) is 0. The van der Waals surface area contributed by atoms with Crippen molar-refractivity contribution in [3.63, 3.8) is 0 Å². The number of carbonyl (C=O) groups excluding carboxylic acids is 2. The Morgan fingerprint density at radius 2 is 1.69 bits per heavy atom. The number of carbonyl (C=O) groups is 2. The van der Waals surface area contributed by atoms with Gasteiger partial charge in [0, 0.05) is 30.6 Å². The Kier molecular flexibility index (Phi) is 6.17. The van der Waals surface area contributed by atoms with Crippen LogP contribution in [0.5, 0.6) is 0 Å². The first-order valence-corrected chi connectivity index (χ1v) is 11.0. The molecule has 2 aliphatic rings. The van der Waals surface area contributed by atoms with Crippen molar-refractivity contribution < 1.29 is 14.3 Å². The summed E-state index contributed by atoms with van der Waals surface area (Å²) in [4.78, 5) is 26.2. The maximum absolute atomic E-state index is 13.3. The summed E-state index contributed by atoms with van der Waals surface area (Å²) in [5.41, 5.74) is 4.03. The van der Waals surface area contributed by atoms with E-state index in [0.717, 1.165) is 61.2 Å². The molecule has 1 heterocycles. The van der Waals surface area contributed by atoms with Crippen molar-refractivity contribution in [2.75, 3.05) is 13.2 Å². The summed E-state index contributed by atoms with van der Waals surface area (Å²) in [6.45, 7) is 3.61. The molecule has 1 saturated heterocycles. The second kappa shape index (κ2) is 8.81. The van der Waals surface area contributed by atoms with Crippen LogP contribution in [0, 0.1) is 11.8 Å². The summed E-state index contributed by atoms with van der Waals surface area (Å²) < 4.78 is 5.44. The topological polar surface area (TPSA) is 43.4 Å². The predicted octanol–water partition coefficient (Wildman–Crippen LogP) is 5.63. The maximum atomic E-state index is 13.3. The van der Waals surface area contributed by atoms with Gasteiger partial charge in [0.2, 0.25) is 0 Å². The number of rotatable bonds is 5. The second-order valence-corrected chi connectivity index (χ2v) is 8.70. The molecule has 0 aromatic heterocycles. The zero-order valence-electron chi connectivity index (χ0n) is 16.8. The third kappa shape index (κ3) is 4.31. The number of ketones is 2. The molecule has 152 valence electrons. The van der Waals surface area contributed by atoms with Gasteiger partial charge in [-0.2, -0.15) is 0 Å². The minimum atomic E-state index is -0.609. The highest BCUT2D eigenvalue weighted by Gasteiger charge is 2.43. The van der Waals surface area contributed by atoms with Crippen molar-refractivity contribution >= 4 is 23.2 Å². The average molecular weight is 411 g/mol. The van der Waals surface area contributed by atoms with Gasteiger partial charge in [-0.3, -0.25) is 9.59 Å². The highest BCUT2D eigenvalue weighted by atomic mass is 35.5. The van der Waals surface area contributed by atoms with Gasteiger partial charge in [-0.25, -0.2) is 0 Å². The van der Waals surface area contributed by atoms with Crippen LogP contribution in [0.25, 0.3) is 11.1 Å². The molecule has 2 aromatic rings. The van der Waals surface area contributed by atoms with Gasteiger partial charge in [0.15, 0.2) is 5.78 Å². The zero-order chi connectivity index (χ0) is 20.4. The van der Waals surface area contributed by atoms with Gasteiger partial charge < -0.3 is 4.74 Å². The average Bonchev–Trinajstić information content (AvgIpc) is 3.01. The Labute approximate surface area is 177 Å². The first-order valence-electron chi connectivity index (χ1n) is 10.6. The maximum Gasteiger partial charge on any atom is 0.151 e. The Balaban J connectivity index is 1.62. The van der Waals surface area contributed by atoms with Gasteiger partial charge in [0.25, 0.3) is 0 Å². The summed E-state index contributed by atoms with van der Waals surface area (Å²) >= 11 is 6.02. The minimum Gasteiger partial charge on any atom is -0.381 e. The minimum absolute atomic E-state index is 0.0787. The van der Waals surface area contributed by atoms with Crippen LogP contribution in [0.15, 0.2) is 42.5 Å². The highest BCUT2D eigenvalue weighted by Crippen LogP contribution is 2.39. The lowest BCUT2D eigenvalue weighted by Crippen LogP contribution is -2.22. The Morgan fingerprint density at radius 1 is 1.00 bits per heavy atom. The smallest absolute Gasteiger partial charge is 0.151 e. The number of benzene rings is 2. The Bertz CT molecular complexity index is 897. The van der Waals surface area contributed by atoms with Crippen LogP contribution in [-0.4, -0.2) is 24.8 Å². The number of aryl methyl sites for hydroxylation is 1. The molecule has 1 aliphatic carbocycles. The molecular weight excluding hydrogens is 384 g/mol. The lowest BCUT2D eigenvalue weighted by Gasteiger charge is -2.24. The predicted molar refractivity (Wildman–Crippen MR) is 115 cm³/mol. The van der Waals surface area contributed by atoms with E-state index in [9.17, 15) is 9.59 Å². The number of hydrogen-bond acceptors (Lipinski definition) is 3. The second-order valence-electron chi connectivity index (χ2n) is 8.27. The number of Topliss-reactive ketones (excluding diaryl/α,β-unsaturated/α-hetero) is 2. The third-order valence-electron chi connectivity index (χ3n) is 6.43. The van der Waals surface area contributed by atoms with Crippen LogP contribution in [0.4, 0.5) is 0 Å². The number of ether oxygens (including phenoxy) is 1. The van der Waals surface area contributed by atoms with Gasteiger partial charge in [0.05, 0.1) is 0 Å². The molecule has 2 unspecified atom stereocenters. The van der Waals surface area contributed by atoms with Crippen molar-refractivity contribution in [1.29, 1.82) is 0 Å². The van der Waals surface area contributed by atoms with E-state index in [-0.39, 0.29) is 17.5 Å². The fourth-order valence-electron chi connectivity index (χ4n) is 4.77. The van der Waals surface area contributed by atoms with Crippen LogP contribution >= 0.6 is 11.6 Å². The van der Waals surface area contributed by atoms with E-state index in [0.29, 0.717) is 17.4 Å². The molecule has 1 saturated carbocycles. The zero-order valence-corrected chi connectivity index (χ0v) is 17.6. The van der Waals surface area contributed by atoms with Crippen LogP contribution in [0.1, 0.15) is 49.7 Å². The van der Waals surface area contributed by atoms with Crippen molar-refractivity contribution in [1.82, 2.24) is 0 Å². The molecule has 4 heteroatoms. The molecule has 0 radical (unpaired) electrons. The molecule has 0 bridgehead atoms. The van der Waals surface area contributed by atoms with Crippen molar-refractivity contribution in [2.45, 2.75) is 44.9 Å². The molecule has 0 spiro atoms. The van der Waals surface area contributed by atoms with E-state index in [2.05, 4.69) is 19.1 Å². The van der Waals surface area contributed by atoms with E-state index in [1.807, 2.05) is 30.3 Å².